The van der Waals surface area contributed by atoms with Gasteiger partial charge in [-0.2, -0.15) is 0 Å². The molecule has 1 aromatic carbocycles. The Bertz CT molecular complexity index is 629. The summed E-state index contributed by atoms with van der Waals surface area (Å²) >= 11 is 9.01. The number of nitrogens with zero attached hydrogens (tertiary/aromatic N) is 1. The average molecular weight is 267 g/mol. The molecule has 16 heavy (non-hydrogen) atoms. The maximum Gasteiger partial charge on any atom is 0.188 e. The molecule has 5 heteroatoms. The van der Waals surface area contributed by atoms with Crippen LogP contribution in [0, 0.1) is 0 Å². The van der Waals surface area contributed by atoms with E-state index in [-0.39, 0.29) is 0 Å². The zero-order valence-electron chi connectivity index (χ0n) is 8.11. The van der Waals surface area contributed by atoms with E-state index in [1.165, 1.54) is 21.4 Å². The van der Waals surface area contributed by atoms with Gasteiger partial charge in [0.05, 0.1) is 0 Å². The maximum atomic E-state index is 5.77. The standard InChI is InChI=1S/C11H7ClN2S2/c12-10-6-16-11(14-10)13-8-1-2-9-7(5-8)3-4-15-9/h1-6H,(H,13,14). The SMILES string of the molecule is Clc1csc(Nc2ccc3sccc3c2)n1. The van der Waals surface area contributed by atoms with E-state index in [1.807, 2.05) is 11.4 Å². The van der Waals surface area contributed by atoms with Crippen molar-refractivity contribution >= 4 is 55.2 Å². The largest absolute Gasteiger partial charge is 0.331 e. The van der Waals surface area contributed by atoms with Crippen LogP contribution in [-0.2, 0) is 0 Å². The molecule has 0 unspecified atom stereocenters. The average Bonchev–Trinajstić information content (AvgIpc) is 2.87. The molecule has 0 fully saturated rings. The van der Waals surface area contributed by atoms with Crippen LogP contribution >= 0.6 is 34.3 Å². The van der Waals surface area contributed by atoms with Crippen LogP contribution in [0.5, 0.6) is 0 Å². The van der Waals surface area contributed by atoms with E-state index in [0.29, 0.717) is 5.15 Å². The number of halogens is 1. The van der Waals surface area contributed by atoms with E-state index in [1.54, 1.807) is 11.3 Å². The third kappa shape index (κ3) is 1.91. The number of hydrogen-bond acceptors (Lipinski definition) is 4. The molecule has 0 radical (unpaired) electrons. The lowest BCUT2D eigenvalue weighted by molar-refractivity contribution is 1.39. The summed E-state index contributed by atoms with van der Waals surface area (Å²) in [6.07, 6.45) is 0. The van der Waals surface area contributed by atoms with Crippen LogP contribution in [0.4, 0.5) is 10.8 Å². The Morgan fingerprint density at radius 3 is 2.94 bits per heavy atom. The van der Waals surface area contributed by atoms with Gasteiger partial charge in [-0.15, -0.1) is 22.7 Å². The van der Waals surface area contributed by atoms with Gasteiger partial charge < -0.3 is 5.32 Å². The van der Waals surface area contributed by atoms with Crippen molar-refractivity contribution in [2.75, 3.05) is 5.32 Å². The molecule has 0 saturated carbocycles. The molecule has 0 spiro atoms. The number of benzene rings is 1. The van der Waals surface area contributed by atoms with Gasteiger partial charge in [0, 0.05) is 15.8 Å². The summed E-state index contributed by atoms with van der Waals surface area (Å²) < 4.78 is 1.29. The molecule has 0 amide bonds. The lowest BCUT2D eigenvalue weighted by atomic mass is 10.2. The Morgan fingerprint density at radius 1 is 1.19 bits per heavy atom. The number of fused-ring (bicyclic) bond motifs is 1. The Morgan fingerprint density at radius 2 is 2.12 bits per heavy atom. The third-order valence-electron chi connectivity index (χ3n) is 2.18. The van der Waals surface area contributed by atoms with Crippen molar-refractivity contribution in [2.45, 2.75) is 0 Å². The van der Waals surface area contributed by atoms with Crippen LogP contribution < -0.4 is 5.32 Å². The van der Waals surface area contributed by atoms with Crippen LogP contribution in [0.15, 0.2) is 35.0 Å². The van der Waals surface area contributed by atoms with Crippen LogP contribution in [0.25, 0.3) is 10.1 Å². The molecule has 2 heterocycles. The molecule has 3 aromatic rings. The summed E-state index contributed by atoms with van der Waals surface area (Å²) in [4.78, 5) is 4.15. The molecule has 0 aliphatic rings. The molecule has 3 rings (SSSR count). The number of thiophene rings is 1. The van der Waals surface area contributed by atoms with E-state index in [9.17, 15) is 0 Å². The summed E-state index contributed by atoms with van der Waals surface area (Å²) in [6, 6.07) is 8.38. The highest BCUT2D eigenvalue weighted by Crippen LogP contribution is 2.27. The summed E-state index contributed by atoms with van der Waals surface area (Å²) in [7, 11) is 0. The van der Waals surface area contributed by atoms with Crippen LogP contribution in [-0.4, -0.2) is 4.98 Å². The number of anilines is 2. The molecular weight excluding hydrogens is 260 g/mol. The van der Waals surface area contributed by atoms with Gasteiger partial charge in [0.1, 0.15) is 5.15 Å². The molecule has 0 bridgehead atoms. The molecular formula is C11H7ClN2S2. The normalized spacial score (nSPS) is 10.8. The first-order valence-electron chi connectivity index (χ1n) is 4.66. The van der Waals surface area contributed by atoms with E-state index < -0.39 is 0 Å². The van der Waals surface area contributed by atoms with Crippen molar-refractivity contribution in [1.29, 1.82) is 0 Å². The number of hydrogen-bond donors (Lipinski definition) is 1. The monoisotopic (exact) mass is 266 g/mol. The lowest BCUT2D eigenvalue weighted by Crippen LogP contribution is -1.88. The first-order valence-corrected chi connectivity index (χ1v) is 6.80. The van der Waals surface area contributed by atoms with Crippen LogP contribution in [0.1, 0.15) is 0 Å². The minimum Gasteiger partial charge on any atom is -0.331 e. The van der Waals surface area contributed by atoms with Crippen molar-refractivity contribution in [3.63, 3.8) is 0 Å². The number of thiazole rings is 1. The van der Waals surface area contributed by atoms with Crippen LogP contribution in [0.2, 0.25) is 5.15 Å². The molecule has 2 aromatic heterocycles. The lowest BCUT2D eigenvalue weighted by Gasteiger charge is -2.01. The van der Waals surface area contributed by atoms with Gasteiger partial charge in [0.15, 0.2) is 5.13 Å². The minimum atomic E-state index is 0.532. The summed E-state index contributed by atoms with van der Waals surface area (Å²) in [6.45, 7) is 0. The van der Waals surface area contributed by atoms with Gasteiger partial charge in [-0.1, -0.05) is 11.6 Å². The molecule has 0 atom stereocenters. The molecule has 80 valence electrons. The van der Waals surface area contributed by atoms with Gasteiger partial charge in [0.25, 0.3) is 0 Å². The number of rotatable bonds is 2. The number of nitrogens with one attached hydrogen (secondary N) is 1. The third-order valence-corrected chi connectivity index (χ3v) is 4.16. The maximum absolute atomic E-state index is 5.77. The van der Waals surface area contributed by atoms with Crippen LogP contribution in [0.3, 0.4) is 0 Å². The first kappa shape index (κ1) is 10.1. The van der Waals surface area contributed by atoms with Gasteiger partial charge >= 0.3 is 0 Å². The predicted molar refractivity (Wildman–Crippen MR) is 72.2 cm³/mol. The second-order valence-electron chi connectivity index (χ2n) is 3.27. The number of aromatic nitrogens is 1. The van der Waals surface area contributed by atoms with E-state index in [2.05, 4.69) is 33.9 Å². The Kier molecular flexibility index (Phi) is 2.55. The van der Waals surface area contributed by atoms with Crippen molar-refractivity contribution in [3.8, 4) is 0 Å². The van der Waals surface area contributed by atoms with E-state index in [0.717, 1.165) is 10.8 Å². The van der Waals surface area contributed by atoms with Gasteiger partial charge in [-0.3, -0.25) is 0 Å². The highest BCUT2D eigenvalue weighted by molar-refractivity contribution is 7.17. The minimum absolute atomic E-state index is 0.532. The second-order valence-corrected chi connectivity index (χ2v) is 5.47. The van der Waals surface area contributed by atoms with Crippen molar-refractivity contribution in [2.24, 2.45) is 0 Å². The van der Waals surface area contributed by atoms with Gasteiger partial charge in [-0.25, -0.2) is 4.98 Å². The Balaban J connectivity index is 1.94. The first-order chi connectivity index (χ1) is 7.81. The van der Waals surface area contributed by atoms with Crippen molar-refractivity contribution in [1.82, 2.24) is 4.98 Å². The zero-order valence-corrected chi connectivity index (χ0v) is 10.5. The smallest absolute Gasteiger partial charge is 0.188 e. The molecule has 0 saturated heterocycles. The molecule has 0 aliphatic carbocycles. The molecule has 1 N–H and O–H groups in total. The summed E-state index contributed by atoms with van der Waals surface area (Å²) in [5.74, 6) is 0. The van der Waals surface area contributed by atoms with E-state index in [4.69, 9.17) is 11.6 Å². The molecule has 2 nitrogen and oxygen atoms in total. The Hall–Kier alpha value is -1.10. The fourth-order valence-electron chi connectivity index (χ4n) is 1.48. The van der Waals surface area contributed by atoms with Gasteiger partial charge in [-0.05, 0) is 35.0 Å². The predicted octanol–water partition coefficient (Wildman–Crippen LogP) is 4.75. The second kappa shape index (κ2) is 4.05. The fraction of sp³-hybridized carbons (Fsp3) is 0. The quantitative estimate of drug-likeness (QED) is 0.724. The molecule has 0 aliphatic heterocycles. The Labute approximate surface area is 106 Å². The summed E-state index contributed by atoms with van der Waals surface area (Å²) in [5.41, 5.74) is 1.04. The highest BCUT2D eigenvalue weighted by atomic mass is 35.5. The van der Waals surface area contributed by atoms with Crippen molar-refractivity contribution in [3.05, 3.63) is 40.2 Å². The van der Waals surface area contributed by atoms with E-state index >= 15 is 0 Å². The van der Waals surface area contributed by atoms with Crippen molar-refractivity contribution < 1.29 is 0 Å². The zero-order chi connectivity index (χ0) is 11.0. The fourth-order valence-corrected chi connectivity index (χ4v) is 3.11. The highest BCUT2D eigenvalue weighted by Gasteiger charge is 2.01. The van der Waals surface area contributed by atoms with Gasteiger partial charge in [0.2, 0.25) is 0 Å². The topological polar surface area (TPSA) is 24.9 Å². The summed E-state index contributed by atoms with van der Waals surface area (Å²) in [5, 5.41) is 9.74.